The number of carbonyl (C=O) groups excluding carboxylic acids is 1. The monoisotopic (exact) mass is 226 g/mol. The van der Waals surface area contributed by atoms with E-state index in [0.29, 0.717) is 5.92 Å². The van der Waals surface area contributed by atoms with E-state index in [0.717, 1.165) is 12.0 Å². The number of rotatable bonds is 4. The molecular formula is C12H15ClO2. The van der Waals surface area contributed by atoms with E-state index >= 15 is 0 Å². The Labute approximate surface area is 95.2 Å². The summed E-state index contributed by atoms with van der Waals surface area (Å²) in [6, 6.07) is 9.65. The van der Waals surface area contributed by atoms with Crippen molar-refractivity contribution in [2.45, 2.75) is 26.4 Å². The third kappa shape index (κ3) is 4.34. The van der Waals surface area contributed by atoms with Gasteiger partial charge >= 0.3 is 5.43 Å². The van der Waals surface area contributed by atoms with Gasteiger partial charge in [-0.1, -0.05) is 44.2 Å². The lowest BCUT2D eigenvalue weighted by molar-refractivity contribution is 0.107. The molecular weight excluding hydrogens is 212 g/mol. The van der Waals surface area contributed by atoms with Crippen LogP contribution in [0.25, 0.3) is 0 Å². The average Bonchev–Trinajstić information content (AvgIpc) is 2.17. The molecule has 0 aliphatic carbocycles. The summed E-state index contributed by atoms with van der Waals surface area (Å²) in [5.41, 5.74) is 0.240. The molecule has 0 N–H and O–H groups in total. The van der Waals surface area contributed by atoms with E-state index in [2.05, 4.69) is 13.8 Å². The van der Waals surface area contributed by atoms with Crippen molar-refractivity contribution >= 4 is 17.0 Å². The van der Waals surface area contributed by atoms with Crippen LogP contribution >= 0.6 is 11.6 Å². The standard InChI is InChI=1S/C12H15ClO2/c1-9(2)8-11(15-12(13)14)10-6-4-3-5-7-10/h3-7,9,11H,8H2,1-2H3. The van der Waals surface area contributed by atoms with Gasteiger partial charge in [0.1, 0.15) is 6.10 Å². The molecule has 0 saturated heterocycles. The maximum absolute atomic E-state index is 10.8. The van der Waals surface area contributed by atoms with Crippen molar-refractivity contribution in [3.63, 3.8) is 0 Å². The van der Waals surface area contributed by atoms with Crippen molar-refractivity contribution in [1.82, 2.24) is 0 Å². The first kappa shape index (κ1) is 12.1. The van der Waals surface area contributed by atoms with Crippen molar-refractivity contribution in [1.29, 1.82) is 0 Å². The zero-order chi connectivity index (χ0) is 11.3. The molecule has 0 aromatic heterocycles. The van der Waals surface area contributed by atoms with E-state index in [-0.39, 0.29) is 6.10 Å². The van der Waals surface area contributed by atoms with Gasteiger partial charge in [0.2, 0.25) is 0 Å². The van der Waals surface area contributed by atoms with Crippen LogP contribution in [0.3, 0.4) is 0 Å². The van der Waals surface area contributed by atoms with Gasteiger partial charge in [0.25, 0.3) is 0 Å². The van der Waals surface area contributed by atoms with Gasteiger partial charge in [-0.3, -0.25) is 0 Å². The second-order valence-electron chi connectivity index (χ2n) is 3.88. The molecule has 0 amide bonds. The highest BCUT2D eigenvalue weighted by molar-refractivity contribution is 6.61. The number of hydrogen-bond donors (Lipinski definition) is 0. The number of ether oxygens (including phenoxy) is 1. The zero-order valence-corrected chi connectivity index (χ0v) is 9.70. The van der Waals surface area contributed by atoms with Gasteiger partial charge in [-0.25, -0.2) is 4.79 Å². The van der Waals surface area contributed by atoms with Crippen LogP contribution in [0.1, 0.15) is 31.9 Å². The molecule has 1 atom stereocenters. The van der Waals surface area contributed by atoms with Gasteiger partial charge < -0.3 is 4.74 Å². The summed E-state index contributed by atoms with van der Waals surface area (Å²) in [6.07, 6.45) is 0.541. The van der Waals surface area contributed by atoms with Gasteiger partial charge in [-0.15, -0.1) is 0 Å². The van der Waals surface area contributed by atoms with Crippen LogP contribution in [0.15, 0.2) is 30.3 Å². The number of benzene rings is 1. The van der Waals surface area contributed by atoms with Gasteiger partial charge in [0, 0.05) is 11.6 Å². The number of halogens is 1. The Morgan fingerprint density at radius 3 is 2.40 bits per heavy atom. The van der Waals surface area contributed by atoms with E-state index in [9.17, 15) is 4.79 Å². The van der Waals surface area contributed by atoms with E-state index in [1.165, 1.54) is 0 Å². The van der Waals surface area contributed by atoms with E-state index in [4.69, 9.17) is 16.3 Å². The molecule has 0 radical (unpaired) electrons. The Morgan fingerprint density at radius 1 is 1.33 bits per heavy atom. The van der Waals surface area contributed by atoms with Gasteiger partial charge in [0.05, 0.1) is 0 Å². The lowest BCUT2D eigenvalue weighted by Crippen LogP contribution is -2.09. The van der Waals surface area contributed by atoms with E-state index in [1.807, 2.05) is 30.3 Å². The summed E-state index contributed by atoms with van der Waals surface area (Å²) in [6.45, 7) is 4.16. The van der Waals surface area contributed by atoms with Gasteiger partial charge in [0.15, 0.2) is 0 Å². The topological polar surface area (TPSA) is 26.3 Å². The fraction of sp³-hybridized carbons (Fsp3) is 0.417. The number of carbonyl (C=O) groups is 1. The van der Waals surface area contributed by atoms with Crippen LogP contribution in [-0.4, -0.2) is 5.43 Å². The first-order chi connectivity index (χ1) is 7.09. The molecule has 0 fully saturated rings. The fourth-order valence-electron chi connectivity index (χ4n) is 1.46. The van der Waals surface area contributed by atoms with Crippen LogP contribution in [0.4, 0.5) is 4.79 Å². The minimum atomic E-state index is -0.746. The predicted molar refractivity (Wildman–Crippen MR) is 61.0 cm³/mol. The molecule has 82 valence electrons. The van der Waals surface area contributed by atoms with E-state index < -0.39 is 5.43 Å². The van der Waals surface area contributed by atoms with Gasteiger partial charge in [-0.2, -0.15) is 0 Å². The predicted octanol–water partition coefficient (Wildman–Crippen LogP) is 4.15. The Morgan fingerprint density at radius 2 is 1.93 bits per heavy atom. The van der Waals surface area contributed by atoms with Crippen molar-refractivity contribution in [2.75, 3.05) is 0 Å². The molecule has 0 heterocycles. The first-order valence-electron chi connectivity index (χ1n) is 5.00. The van der Waals surface area contributed by atoms with Crippen molar-refractivity contribution < 1.29 is 9.53 Å². The summed E-state index contributed by atoms with van der Waals surface area (Å²) in [7, 11) is 0. The first-order valence-corrected chi connectivity index (χ1v) is 5.38. The van der Waals surface area contributed by atoms with Crippen molar-refractivity contribution in [2.24, 2.45) is 5.92 Å². The van der Waals surface area contributed by atoms with Crippen LogP contribution in [0.5, 0.6) is 0 Å². The maximum Gasteiger partial charge on any atom is 0.404 e. The third-order valence-corrected chi connectivity index (χ3v) is 2.18. The lowest BCUT2D eigenvalue weighted by atomic mass is 10.00. The summed E-state index contributed by atoms with van der Waals surface area (Å²) in [4.78, 5) is 10.8. The molecule has 0 spiro atoms. The summed E-state index contributed by atoms with van der Waals surface area (Å²) in [5.74, 6) is 0.450. The molecule has 0 aliphatic rings. The molecule has 0 saturated carbocycles. The Bertz CT molecular complexity index is 309. The summed E-state index contributed by atoms with van der Waals surface area (Å²) in [5, 5.41) is 0. The van der Waals surface area contributed by atoms with Crippen molar-refractivity contribution in [3.8, 4) is 0 Å². The molecule has 3 heteroatoms. The van der Waals surface area contributed by atoms with Crippen LogP contribution in [-0.2, 0) is 4.74 Å². The van der Waals surface area contributed by atoms with Crippen LogP contribution in [0, 0.1) is 5.92 Å². The van der Waals surface area contributed by atoms with Crippen LogP contribution < -0.4 is 0 Å². The normalized spacial score (nSPS) is 12.5. The zero-order valence-electron chi connectivity index (χ0n) is 8.94. The highest BCUT2D eigenvalue weighted by Crippen LogP contribution is 2.25. The second-order valence-corrected chi connectivity index (χ2v) is 4.19. The molecule has 15 heavy (non-hydrogen) atoms. The Balaban J connectivity index is 2.76. The SMILES string of the molecule is CC(C)CC(OC(=O)Cl)c1ccccc1. The maximum atomic E-state index is 10.8. The molecule has 1 rings (SSSR count). The fourth-order valence-corrected chi connectivity index (χ4v) is 1.57. The average molecular weight is 227 g/mol. The summed E-state index contributed by atoms with van der Waals surface area (Å²) >= 11 is 5.24. The quantitative estimate of drug-likeness (QED) is 0.721. The minimum Gasteiger partial charge on any atom is -0.445 e. The lowest BCUT2D eigenvalue weighted by Gasteiger charge is -2.18. The Kier molecular flexibility index (Phi) is 4.63. The highest BCUT2D eigenvalue weighted by Gasteiger charge is 2.16. The van der Waals surface area contributed by atoms with Crippen LogP contribution in [0.2, 0.25) is 0 Å². The van der Waals surface area contributed by atoms with E-state index in [1.54, 1.807) is 0 Å². The Hall–Kier alpha value is -1.02. The molecule has 1 aromatic carbocycles. The molecule has 1 aromatic rings. The molecule has 0 bridgehead atoms. The molecule has 1 unspecified atom stereocenters. The highest BCUT2D eigenvalue weighted by atomic mass is 35.5. The summed E-state index contributed by atoms with van der Waals surface area (Å²) < 4.78 is 5.07. The van der Waals surface area contributed by atoms with Crippen molar-refractivity contribution in [3.05, 3.63) is 35.9 Å². The van der Waals surface area contributed by atoms with Gasteiger partial charge in [-0.05, 0) is 17.9 Å². The second kappa shape index (κ2) is 5.76. The molecule has 0 aliphatic heterocycles. The largest absolute Gasteiger partial charge is 0.445 e. The molecule has 2 nitrogen and oxygen atoms in total. The minimum absolute atomic E-state index is 0.240. The smallest absolute Gasteiger partial charge is 0.404 e. The number of hydrogen-bond acceptors (Lipinski definition) is 2. The third-order valence-electron chi connectivity index (χ3n) is 2.09.